The molecule has 0 aliphatic rings. The Kier molecular flexibility index (Phi) is 5.94. The zero-order chi connectivity index (χ0) is 21.2. The molecule has 2 N–H and O–H groups in total. The van der Waals surface area contributed by atoms with Crippen LogP contribution in [-0.4, -0.2) is 14.3 Å². The van der Waals surface area contributed by atoms with Crippen LogP contribution in [0.4, 0.5) is 24.5 Å². The van der Waals surface area contributed by atoms with Gasteiger partial charge < -0.3 is 5.32 Å². The molecule has 0 aliphatic carbocycles. The predicted octanol–water partition coefficient (Wildman–Crippen LogP) is 4.92. The minimum absolute atomic E-state index is 0.0925. The third kappa shape index (κ3) is 4.96. The Labute approximate surface area is 172 Å². The minimum Gasteiger partial charge on any atom is -0.319 e. The maximum Gasteiger partial charge on any atom is 0.262 e. The third-order valence-corrected chi connectivity index (χ3v) is 5.64. The van der Waals surface area contributed by atoms with Gasteiger partial charge in [0.1, 0.15) is 17.5 Å². The van der Waals surface area contributed by atoms with E-state index < -0.39 is 38.3 Å². The molecule has 0 aromatic heterocycles. The quantitative estimate of drug-likeness (QED) is 0.539. The van der Waals surface area contributed by atoms with Crippen LogP contribution in [0.3, 0.4) is 0 Å². The number of carbonyl (C=O) groups excluding carboxylic acids is 1. The predicted molar refractivity (Wildman–Crippen MR) is 106 cm³/mol. The highest BCUT2D eigenvalue weighted by atomic mass is 79.9. The summed E-state index contributed by atoms with van der Waals surface area (Å²) in [5.41, 5.74) is -0.481. The molecule has 0 saturated carbocycles. The van der Waals surface area contributed by atoms with Crippen molar-refractivity contribution in [3.63, 3.8) is 0 Å². The van der Waals surface area contributed by atoms with Crippen molar-refractivity contribution >= 4 is 43.2 Å². The van der Waals surface area contributed by atoms with Gasteiger partial charge in [0.05, 0.1) is 16.3 Å². The van der Waals surface area contributed by atoms with Crippen molar-refractivity contribution in [3.05, 3.63) is 88.2 Å². The minimum atomic E-state index is -4.27. The first kappa shape index (κ1) is 20.9. The van der Waals surface area contributed by atoms with E-state index in [0.717, 1.165) is 30.3 Å². The molecule has 0 bridgehead atoms. The van der Waals surface area contributed by atoms with Gasteiger partial charge in [0, 0.05) is 10.0 Å². The number of halogens is 4. The molecular formula is C19H12BrF3N2O3S. The van der Waals surface area contributed by atoms with Crippen molar-refractivity contribution in [3.8, 4) is 0 Å². The van der Waals surface area contributed by atoms with Crippen molar-refractivity contribution in [2.24, 2.45) is 0 Å². The molecule has 0 aliphatic heterocycles. The average Bonchev–Trinajstić information content (AvgIpc) is 2.66. The Balaban J connectivity index is 1.80. The van der Waals surface area contributed by atoms with Crippen molar-refractivity contribution in [1.29, 1.82) is 0 Å². The summed E-state index contributed by atoms with van der Waals surface area (Å²) in [7, 11) is -4.27. The Morgan fingerprint density at radius 3 is 2.07 bits per heavy atom. The number of nitrogens with one attached hydrogen (secondary N) is 2. The average molecular weight is 485 g/mol. The number of amides is 1. The number of rotatable bonds is 5. The van der Waals surface area contributed by atoms with Gasteiger partial charge in [0.25, 0.3) is 15.9 Å². The molecule has 10 heteroatoms. The van der Waals surface area contributed by atoms with Crippen LogP contribution in [0.25, 0.3) is 0 Å². The summed E-state index contributed by atoms with van der Waals surface area (Å²) in [5.74, 6) is -3.06. The van der Waals surface area contributed by atoms with Gasteiger partial charge in [0.2, 0.25) is 0 Å². The maximum atomic E-state index is 14.3. The van der Waals surface area contributed by atoms with Gasteiger partial charge in [-0.15, -0.1) is 0 Å². The molecule has 150 valence electrons. The lowest BCUT2D eigenvalue weighted by Gasteiger charge is -2.11. The van der Waals surface area contributed by atoms with E-state index in [1.54, 1.807) is 0 Å². The summed E-state index contributed by atoms with van der Waals surface area (Å²) in [4.78, 5) is 11.6. The van der Waals surface area contributed by atoms with Crippen LogP contribution in [0, 0.1) is 17.5 Å². The van der Waals surface area contributed by atoms with E-state index >= 15 is 0 Å². The lowest BCUT2D eigenvalue weighted by Crippen LogP contribution is -2.16. The number of hydrogen-bond donors (Lipinski definition) is 2. The van der Waals surface area contributed by atoms with Gasteiger partial charge >= 0.3 is 0 Å². The third-order valence-electron chi connectivity index (χ3n) is 3.78. The van der Waals surface area contributed by atoms with E-state index in [2.05, 4.69) is 21.2 Å². The number of hydrogen-bond acceptors (Lipinski definition) is 3. The second-order valence-electron chi connectivity index (χ2n) is 5.83. The van der Waals surface area contributed by atoms with E-state index in [1.165, 1.54) is 24.3 Å². The highest BCUT2D eigenvalue weighted by molar-refractivity contribution is 9.10. The van der Waals surface area contributed by atoms with Crippen LogP contribution in [0.15, 0.2) is 70.0 Å². The fourth-order valence-electron chi connectivity index (χ4n) is 2.34. The van der Waals surface area contributed by atoms with Crippen LogP contribution in [-0.2, 0) is 10.0 Å². The molecule has 3 aromatic carbocycles. The Morgan fingerprint density at radius 1 is 0.828 bits per heavy atom. The Hall–Kier alpha value is -2.85. The van der Waals surface area contributed by atoms with E-state index in [4.69, 9.17) is 0 Å². The SMILES string of the molecule is O=C(Nc1ccc(S(=O)(=O)Nc2ccc(Br)cc2F)cc1F)c1ccc(F)cc1. The van der Waals surface area contributed by atoms with E-state index in [-0.39, 0.29) is 16.9 Å². The summed E-state index contributed by atoms with van der Waals surface area (Å²) >= 11 is 3.06. The lowest BCUT2D eigenvalue weighted by molar-refractivity contribution is 0.102. The largest absolute Gasteiger partial charge is 0.319 e. The summed E-state index contributed by atoms with van der Waals surface area (Å²) in [5, 5.41) is 2.27. The number of anilines is 2. The zero-order valence-electron chi connectivity index (χ0n) is 14.4. The highest BCUT2D eigenvalue weighted by Crippen LogP contribution is 2.25. The molecule has 29 heavy (non-hydrogen) atoms. The summed E-state index contributed by atoms with van der Waals surface area (Å²) in [6.45, 7) is 0. The van der Waals surface area contributed by atoms with Gasteiger partial charge in [-0.1, -0.05) is 15.9 Å². The van der Waals surface area contributed by atoms with Crippen LogP contribution in [0.1, 0.15) is 10.4 Å². The molecule has 0 unspecified atom stereocenters. The lowest BCUT2D eigenvalue weighted by atomic mass is 10.2. The Morgan fingerprint density at radius 2 is 1.45 bits per heavy atom. The molecule has 5 nitrogen and oxygen atoms in total. The molecule has 0 heterocycles. The molecular weight excluding hydrogens is 473 g/mol. The highest BCUT2D eigenvalue weighted by Gasteiger charge is 2.19. The van der Waals surface area contributed by atoms with Crippen molar-refractivity contribution in [1.82, 2.24) is 0 Å². The second kappa shape index (κ2) is 8.26. The zero-order valence-corrected chi connectivity index (χ0v) is 16.8. The fourth-order valence-corrected chi connectivity index (χ4v) is 3.75. The van der Waals surface area contributed by atoms with E-state index in [1.807, 2.05) is 4.72 Å². The monoisotopic (exact) mass is 484 g/mol. The molecule has 0 fully saturated rings. The van der Waals surface area contributed by atoms with Gasteiger partial charge in [-0.2, -0.15) is 0 Å². The summed E-state index contributed by atoms with van der Waals surface area (Å²) in [6, 6.07) is 11.1. The normalized spacial score (nSPS) is 11.2. The molecule has 0 saturated heterocycles. The second-order valence-corrected chi connectivity index (χ2v) is 8.43. The Bertz CT molecular complexity index is 1190. The summed E-state index contributed by atoms with van der Waals surface area (Å²) < 4.78 is 68.4. The topological polar surface area (TPSA) is 75.3 Å². The number of benzene rings is 3. The van der Waals surface area contributed by atoms with E-state index in [0.29, 0.717) is 10.5 Å². The van der Waals surface area contributed by atoms with Crippen LogP contribution < -0.4 is 10.0 Å². The van der Waals surface area contributed by atoms with Gasteiger partial charge in [0.15, 0.2) is 0 Å². The fraction of sp³-hybridized carbons (Fsp3) is 0. The van der Waals surface area contributed by atoms with Crippen LogP contribution >= 0.6 is 15.9 Å². The molecule has 3 rings (SSSR count). The van der Waals surface area contributed by atoms with Gasteiger partial charge in [-0.3, -0.25) is 9.52 Å². The molecule has 0 atom stereocenters. The van der Waals surface area contributed by atoms with Crippen molar-refractivity contribution in [2.75, 3.05) is 10.0 Å². The van der Waals surface area contributed by atoms with E-state index in [9.17, 15) is 26.4 Å². The number of sulfonamides is 1. The maximum absolute atomic E-state index is 14.3. The standard InChI is InChI=1S/C19H12BrF3N2O3S/c20-12-3-7-18(15(22)9-12)25-29(27,28)14-6-8-17(16(23)10-14)24-19(26)11-1-4-13(21)5-2-11/h1-10,25H,(H,24,26). The molecule has 0 radical (unpaired) electrons. The van der Waals surface area contributed by atoms with Crippen molar-refractivity contribution in [2.45, 2.75) is 4.90 Å². The number of carbonyl (C=O) groups is 1. The van der Waals surface area contributed by atoms with Gasteiger partial charge in [-0.25, -0.2) is 21.6 Å². The molecule has 3 aromatic rings. The van der Waals surface area contributed by atoms with Gasteiger partial charge in [-0.05, 0) is 60.7 Å². The van der Waals surface area contributed by atoms with Crippen LogP contribution in [0.5, 0.6) is 0 Å². The first-order valence-corrected chi connectivity index (χ1v) is 10.3. The first-order valence-electron chi connectivity index (χ1n) is 8.00. The molecule has 0 spiro atoms. The van der Waals surface area contributed by atoms with Crippen molar-refractivity contribution < 1.29 is 26.4 Å². The summed E-state index contributed by atoms with van der Waals surface area (Å²) in [6.07, 6.45) is 0. The van der Waals surface area contributed by atoms with Crippen LogP contribution in [0.2, 0.25) is 0 Å². The first-order chi connectivity index (χ1) is 13.7. The molecule has 1 amide bonds. The smallest absolute Gasteiger partial charge is 0.262 e.